The van der Waals surface area contributed by atoms with Crippen LogP contribution < -0.4 is 21.5 Å². The number of hydrogen-bond donors (Lipinski definition) is 4. The van der Waals surface area contributed by atoms with Gasteiger partial charge in [0.25, 0.3) is 11.8 Å². The number of nitrogens with zero attached hydrogens (tertiary/aromatic N) is 2. The first-order valence-electron chi connectivity index (χ1n) is 13.4. The fraction of sp³-hybridized carbons (Fsp3) is 0.194. The number of anilines is 2. The molecule has 0 aliphatic heterocycles. The number of esters is 2. The monoisotopic (exact) mass is 600 g/mol. The van der Waals surface area contributed by atoms with E-state index in [1.54, 1.807) is 88.4 Å². The highest BCUT2D eigenvalue weighted by Crippen LogP contribution is 2.26. The van der Waals surface area contributed by atoms with Crippen LogP contribution in [-0.4, -0.2) is 53.4 Å². The molecule has 228 valence electrons. The van der Waals surface area contributed by atoms with Crippen LogP contribution in [0.5, 0.6) is 0 Å². The zero-order chi connectivity index (χ0) is 32.1. The van der Waals surface area contributed by atoms with Crippen molar-refractivity contribution in [2.24, 2.45) is 0 Å². The Morgan fingerprint density at radius 2 is 0.841 bits per heavy atom. The summed E-state index contributed by atoms with van der Waals surface area (Å²) in [5.74, 6) is -2.68. The molecule has 2 heterocycles. The predicted octanol–water partition coefficient (Wildman–Crippen LogP) is 4.51. The van der Waals surface area contributed by atoms with Gasteiger partial charge < -0.3 is 20.1 Å². The molecule has 0 fully saturated rings. The van der Waals surface area contributed by atoms with Crippen LogP contribution >= 0.6 is 0 Å². The van der Waals surface area contributed by atoms with Gasteiger partial charge in [-0.15, -0.1) is 0 Å². The average Bonchev–Trinajstić information content (AvgIpc) is 3.41. The number of aromatic nitrogens is 2. The predicted molar refractivity (Wildman–Crippen MR) is 163 cm³/mol. The second-order valence-electron chi connectivity index (χ2n) is 9.69. The van der Waals surface area contributed by atoms with Crippen molar-refractivity contribution < 1.29 is 33.4 Å². The number of rotatable bonds is 8. The lowest BCUT2D eigenvalue weighted by molar-refractivity contribution is 0.0589. The minimum absolute atomic E-state index is 0.0136. The molecule has 13 nitrogen and oxygen atoms in total. The number of methoxy groups -OCH3 is 2. The lowest BCUT2D eigenvalue weighted by Gasteiger charge is -2.16. The van der Waals surface area contributed by atoms with Gasteiger partial charge in [0.15, 0.2) is 0 Å². The molecular weight excluding hydrogens is 568 g/mol. The topological polar surface area (TPSA) is 162 Å². The highest BCUT2D eigenvalue weighted by atomic mass is 16.5. The Morgan fingerprint density at radius 3 is 1.16 bits per heavy atom. The summed E-state index contributed by atoms with van der Waals surface area (Å²) in [6.45, 7) is 6.22. The van der Waals surface area contributed by atoms with Gasteiger partial charge in [0, 0.05) is 11.4 Å². The van der Waals surface area contributed by atoms with E-state index in [1.165, 1.54) is 23.6 Å². The minimum Gasteiger partial charge on any atom is -0.465 e. The van der Waals surface area contributed by atoms with Gasteiger partial charge in [-0.2, -0.15) is 0 Å². The molecule has 0 bridgehead atoms. The molecule has 0 aliphatic rings. The maximum atomic E-state index is 13.3. The van der Waals surface area contributed by atoms with E-state index < -0.39 is 29.8 Å². The van der Waals surface area contributed by atoms with Gasteiger partial charge in [0.2, 0.25) is 0 Å². The van der Waals surface area contributed by atoms with E-state index in [9.17, 15) is 24.0 Å². The summed E-state index contributed by atoms with van der Waals surface area (Å²) < 4.78 is 12.4. The van der Waals surface area contributed by atoms with Crippen molar-refractivity contribution in [3.8, 4) is 0 Å². The van der Waals surface area contributed by atoms with Gasteiger partial charge in [-0.05, 0) is 52.0 Å². The van der Waals surface area contributed by atoms with Crippen molar-refractivity contribution in [2.45, 2.75) is 27.7 Å². The Kier molecular flexibility index (Phi) is 9.17. The maximum Gasteiger partial charge on any atom is 0.352 e. The SMILES string of the molecule is COC(=O)c1c(C(=O)Nc2ccccc2)c(C)n(NC(=O)Nn2c(C)c(C(=O)Nc3ccccc3)c(C(=O)OC)c2C)c1C. The molecule has 0 aliphatic carbocycles. The molecule has 0 spiro atoms. The van der Waals surface area contributed by atoms with Gasteiger partial charge in [-0.3, -0.25) is 18.9 Å². The number of para-hydroxylation sites is 2. The molecular formula is C31H32N6O7. The molecule has 44 heavy (non-hydrogen) atoms. The highest BCUT2D eigenvalue weighted by Gasteiger charge is 2.31. The van der Waals surface area contributed by atoms with Crippen LogP contribution in [-0.2, 0) is 9.47 Å². The number of benzene rings is 2. The van der Waals surface area contributed by atoms with E-state index in [1.807, 2.05) is 0 Å². The third kappa shape index (κ3) is 6.02. The molecule has 0 saturated carbocycles. The molecule has 4 rings (SSSR count). The lowest BCUT2D eigenvalue weighted by atomic mass is 10.1. The van der Waals surface area contributed by atoms with E-state index in [0.29, 0.717) is 11.4 Å². The summed E-state index contributed by atoms with van der Waals surface area (Å²) in [4.78, 5) is 65.4. The van der Waals surface area contributed by atoms with Gasteiger partial charge >= 0.3 is 18.0 Å². The normalized spacial score (nSPS) is 10.5. The van der Waals surface area contributed by atoms with Crippen LogP contribution in [0.4, 0.5) is 16.2 Å². The molecule has 2 aromatic carbocycles. The van der Waals surface area contributed by atoms with Gasteiger partial charge in [0.05, 0.1) is 59.2 Å². The van der Waals surface area contributed by atoms with Crippen molar-refractivity contribution >= 4 is 41.2 Å². The fourth-order valence-electron chi connectivity index (χ4n) is 4.93. The number of amides is 4. The maximum absolute atomic E-state index is 13.3. The van der Waals surface area contributed by atoms with Crippen LogP contribution in [0.25, 0.3) is 0 Å². The first-order chi connectivity index (χ1) is 21.0. The van der Waals surface area contributed by atoms with Crippen molar-refractivity contribution in [1.82, 2.24) is 9.35 Å². The first kappa shape index (κ1) is 31.1. The van der Waals surface area contributed by atoms with Gasteiger partial charge in [0.1, 0.15) is 0 Å². The summed E-state index contributed by atoms with van der Waals surface area (Å²) in [7, 11) is 2.38. The summed E-state index contributed by atoms with van der Waals surface area (Å²) >= 11 is 0. The second-order valence-corrected chi connectivity index (χ2v) is 9.69. The number of carbonyl (C=O) groups is 5. The summed E-state index contributed by atoms with van der Waals surface area (Å²) in [5.41, 5.74) is 7.22. The van der Waals surface area contributed by atoms with Crippen LogP contribution in [0, 0.1) is 27.7 Å². The number of ether oxygens (including phenoxy) is 2. The number of hydrogen-bond acceptors (Lipinski definition) is 7. The molecule has 0 unspecified atom stereocenters. The lowest BCUT2D eigenvalue weighted by Crippen LogP contribution is -2.35. The molecule has 4 amide bonds. The quantitative estimate of drug-likeness (QED) is 0.216. The van der Waals surface area contributed by atoms with Crippen molar-refractivity contribution in [3.63, 3.8) is 0 Å². The Bertz CT molecular complexity index is 1630. The zero-order valence-electron chi connectivity index (χ0n) is 25.0. The molecule has 0 saturated heterocycles. The number of urea groups is 1. The standard InChI is InChI=1S/C31H32N6O7/c1-17-23(27(38)32-21-13-9-7-10-14-21)25(29(40)43-5)19(3)36(17)34-31(42)35-37-18(2)24(26(20(37)4)30(41)44-6)28(39)33-22-15-11-8-12-16-22/h7-16H,1-6H3,(H,32,38)(H,33,39)(H2,34,35,42). The van der Waals surface area contributed by atoms with E-state index in [2.05, 4.69) is 21.5 Å². The average molecular weight is 601 g/mol. The number of carbonyl (C=O) groups excluding carboxylic acids is 5. The van der Waals surface area contributed by atoms with Crippen LogP contribution in [0.2, 0.25) is 0 Å². The van der Waals surface area contributed by atoms with Gasteiger partial charge in [-0.1, -0.05) is 36.4 Å². The highest BCUT2D eigenvalue weighted by molar-refractivity contribution is 6.14. The zero-order valence-corrected chi connectivity index (χ0v) is 25.0. The van der Waals surface area contributed by atoms with E-state index in [-0.39, 0.29) is 45.0 Å². The van der Waals surface area contributed by atoms with Crippen LogP contribution in [0.1, 0.15) is 64.2 Å². The first-order valence-corrected chi connectivity index (χ1v) is 13.4. The Morgan fingerprint density at radius 1 is 0.523 bits per heavy atom. The molecule has 0 atom stereocenters. The third-order valence-electron chi connectivity index (χ3n) is 7.01. The summed E-state index contributed by atoms with van der Waals surface area (Å²) in [6.07, 6.45) is 0. The molecule has 13 heteroatoms. The van der Waals surface area contributed by atoms with Crippen molar-refractivity contribution in [1.29, 1.82) is 0 Å². The van der Waals surface area contributed by atoms with E-state index in [4.69, 9.17) is 9.47 Å². The minimum atomic E-state index is -0.801. The molecule has 2 aromatic heterocycles. The number of nitrogens with one attached hydrogen (secondary N) is 4. The smallest absolute Gasteiger partial charge is 0.352 e. The molecule has 0 radical (unpaired) electrons. The third-order valence-corrected chi connectivity index (χ3v) is 7.01. The fourth-order valence-corrected chi connectivity index (χ4v) is 4.93. The Balaban J connectivity index is 1.67. The summed E-state index contributed by atoms with van der Waals surface area (Å²) in [6, 6.07) is 16.6. The van der Waals surface area contributed by atoms with Crippen LogP contribution in [0.15, 0.2) is 60.7 Å². The summed E-state index contributed by atoms with van der Waals surface area (Å²) in [5, 5.41) is 5.49. The van der Waals surface area contributed by atoms with Crippen molar-refractivity contribution in [3.05, 3.63) is 106 Å². The molecule has 4 aromatic rings. The van der Waals surface area contributed by atoms with Crippen molar-refractivity contribution in [2.75, 3.05) is 35.7 Å². The Hall–Kier alpha value is -5.85. The van der Waals surface area contributed by atoms with Crippen LogP contribution in [0.3, 0.4) is 0 Å². The largest absolute Gasteiger partial charge is 0.465 e. The van der Waals surface area contributed by atoms with E-state index >= 15 is 0 Å². The Labute approximate surface area is 253 Å². The molecule has 4 N–H and O–H groups in total. The van der Waals surface area contributed by atoms with E-state index in [0.717, 1.165) is 0 Å². The second kappa shape index (κ2) is 13.0. The van der Waals surface area contributed by atoms with Gasteiger partial charge in [-0.25, -0.2) is 25.2 Å².